The molecule has 0 saturated carbocycles. The Balaban J connectivity index is 1.74. The van der Waals surface area contributed by atoms with Crippen LogP contribution in [0.5, 0.6) is 0 Å². The minimum Gasteiger partial charge on any atom is -0.454 e. The number of hydrogen-bond acceptors (Lipinski definition) is 4. The van der Waals surface area contributed by atoms with Crippen LogP contribution in [-0.4, -0.2) is 43.7 Å². The van der Waals surface area contributed by atoms with Crippen molar-refractivity contribution in [3.63, 3.8) is 0 Å². The molecule has 0 spiro atoms. The molecule has 0 aliphatic rings. The van der Waals surface area contributed by atoms with E-state index >= 15 is 0 Å². The van der Waals surface area contributed by atoms with Crippen molar-refractivity contribution in [1.29, 1.82) is 0 Å². The fourth-order valence-electron chi connectivity index (χ4n) is 2.03. The molecule has 1 amide bonds. The first kappa shape index (κ1) is 15.1. The molecular formula is C15H18N2O4. The highest BCUT2D eigenvalue weighted by Gasteiger charge is 2.07. The zero-order valence-electron chi connectivity index (χ0n) is 11.8. The minimum absolute atomic E-state index is 0.150. The molecule has 0 radical (unpaired) electrons. The van der Waals surface area contributed by atoms with Crippen LogP contribution in [0.3, 0.4) is 0 Å². The molecule has 0 bridgehead atoms. The van der Waals surface area contributed by atoms with Crippen LogP contribution >= 0.6 is 0 Å². The van der Waals surface area contributed by atoms with Gasteiger partial charge in [-0.15, -0.1) is 0 Å². The Labute approximate surface area is 122 Å². The zero-order valence-corrected chi connectivity index (χ0v) is 11.8. The van der Waals surface area contributed by atoms with E-state index in [1.165, 1.54) is 7.11 Å². The molecule has 0 fully saturated rings. The average Bonchev–Trinajstić information content (AvgIpc) is 2.89. The highest BCUT2D eigenvalue weighted by molar-refractivity contribution is 5.83. The van der Waals surface area contributed by atoms with Crippen molar-refractivity contribution in [1.82, 2.24) is 10.3 Å². The summed E-state index contributed by atoms with van der Waals surface area (Å²) in [5.74, 6) is -0.872. The number of fused-ring (bicyclic) bond motifs is 1. The second kappa shape index (κ2) is 7.44. The second-order valence-electron chi connectivity index (χ2n) is 4.55. The number of para-hydroxylation sites is 1. The summed E-state index contributed by atoms with van der Waals surface area (Å²) < 4.78 is 9.32. The molecule has 0 saturated heterocycles. The summed E-state index contributed by atoms with van der Waals surface area (Å²) in [6, 6.07) is 7.99. The fraction of sp³-hybridized carbons (Fsp3) is 0.333. The number of ether oxygens (including phenoxy) is 2. The molecule has 0 atom stereocenters. The summed E-state index contributed by atoms with van der Waals surface area (Å²) in [4.78, 5) is 25.7. The average molecular weight is 290 g/mol. The van der Waals surface area contributed by atoms with E-state index in [0.29, 0.717) is 13.0 Å². The van der Waals surface area contributed by atoms with Gasteiger partial charge in [-0.2, -0.15) is 0 Å². The van der Waals surface area contributed by atoms with Crippen LogP contribution in [0, 0.1) is 0 Å². The maximum atomic E-state index is 11.5. The van der Waals surface area contributed by atoms with E-state index in [0.717, 1.165) is 16.5 Å². The van der Waals surface area contributed by atoms with Gasteiger partial charge in [0.05, 0.1) is 0 Å². The summed E-state index contributed by atoms with van der Waals surface area (Å²) in [6.45, 7) is 0.0568. The van der Waals surface area contributed by atoms with Gasteiger partial charge in [0.1, 0.15) is 6.61 Å². The second-order valence-corrected chi connectivity index (χ2v) is 4.55. The fourth-order valence-corrected chi connectivity index (χ4v) is 2.03. The molecule has 112 valence electrons. The predicted octanol–water partition coefficient (Wildman–Crippen LogP) is 1.02. The van der Waals surface area contributed by atoms with Gasteiger partial charge in [-0.3, -0.25) is 4.79 Å². The molecule has 1 heterocycles. The van der Waals surface area contributed by atoms with Crippen molar-refractivity contribution in [3.05, 3.63) is 36.0 Å². The lowest BCUT2D eigenvalue weighted by Crippen LogP contribution is -2.31. The lowest BCUT2D eigenvalue weighted by atomic mass is 10.1. The van der Waals surface area contributed by atoms with Gasteiger partial charge in [0.25, 0.3) is 5.91 Å². The molecule has 2 N–H and O–H groups in total. The van der Waals surface area contributed by atoms with Crippen molar-refractivity contribution < 1.29 is 19.1 Å². The third-order valence-electron chi connectivity index (χ3n) is 3.02. The van der Waals surface area contributed by atoms with Crippen LogP contribution in [0.4, 0.5) is 0 Å². The normalized spacial score (nSPS) is 10.5. The lowest BCUT2D eigenvalue weighted by molar-refractivity contribution is -0.152. The monoisotopic (exact) mass is 290 g/mol. The first-order valence-corrected chi connectivity index (χ1v) is 6.67. The Hall–Kier alpha value is -2.34. The van der Waals surface area contributed by atoms with Gasteiger partial charge in [-0.1, -0.05) is 18.2 Å². The van der Waals surface area contributed by atoms with Gasteiger partial charge in [0.2, 0.25) is 0 Å². The van der Waals surface area contributed by atoms with Crippen molar-refractivity contribution in [2.75, 3.05) is 26.9 Å². The Morgan fingerprint density at radius 3 is 2.86 bits per heavy atom. The SMILES string of the molecule is COCC(=O)OCC(=O)NCCc1c[nH]c2ccccc12. The van der Waals surface area contributed by atoms with Crippen molar-refractivity contribution in [2.24, 2.45) is 0 Å². The van der Waals surface area contributed by atoms with E-state index in [9.17, 15) is 9.59 Å². The van der Waals surface area contributed by atoms with Crippen LogP contribution in [0.25, 0.3) is 10.9 Å². The number of carbonyl (C=O) groups excluding carboxylic acids is 2. The van der Waals surface area contributed by atoms with E-state index in [4.69, 9.17) is 4.74 Å². The van der Waals surface area contributed by atoms with Crippen LogP contribution < -0.4 is 5.32 Å². The molecule has 2 rings (SSSR count). The number of H-pyrrole nitrogens is 1. The molecule has 0 unspecified atom stereocenters. The van der Waals surface area contributed by atoms with E-state index in [1.807, 2.05) is 30.5 Å². The number of carbonyl (C=O) groups is 2. The molecular weight excluding hydrogens is 272 g/mol. The van der Waals surface area contributed by atoms with E-state index in [-0.39, 0.29) is 19.1 Å². The highest BCUT2D eigenvalue weighted by atomic mass is 16.6. The third-order valence-corrected chi connectivity index (χ3v) is 3.02. The lowest BCUT2D eigenvalue weighted by Gasteiger charge is -2.06. The molecule has 0 aliphatic carbocycles. The number of amides is 1. The summed E-state index contributed by atoms with van der Waals surface area (Å²) in [6.07, 6.45) is 2.65. The van der Waals surface area contributed by atoms with E-state index in [1.54, 1.807) is 0 Å². The number of aromatic nitrogens is 1. The van der Waals surface area contributed by atoms with Crippen LogP contribution in [0.2, 0.25) is 0 Å². The third kappa shape index (κ3) is 4.32. The van der Waals surface area contributed by atoms with Crippen molar-refractivity contribution >= 4 is 22.8 Å². The van der Waals surface area contributed by atoms with Crippen LogP contribution in [0.15, 0.2) is 30.5 Å². The molecule has 0 aliphatic heterocycles. The first-order valence-electron chi connectivity index (χ1n) is 6.67. The van der Waals surface area contributed by atoms with Crippen molar-refractivity contribution in [3.8, 4) is 0 Å². The number of aromatic amines is 1. The summed E-state index contributed by atoms with van der Waals surface area (Å²) in [5, 5.41) is 3.86. The minimum atomic E-state index is -0.552. The maximum absolute atomic E-state index is 11.5. The standard InChI is InChI=1S/C15H18N2O4/c1-20-10-15(19)21-9-14(18)16-7-6-11-8-17-13-5-3-2-4-12(11)13/h2-5,8,17H,6-7,9-10H2,1H3,(H,16,18). The molecule has 6 nitrogen and oxygen atoms in total. The Morgan fingerprint density at radius 1 is 1.24 bits per heavy atom. The summed E-state index contributed by atoms with van der Waals surface area (Å²) in [7, 11) is 1.39. The smallest absolute Gasteiger partial charge is 0.332 e. The Bertz CT molecular complexity index is 621. The van der Waals surface area contributed by atoms with Gasteiger partial charge in [0, 0.05) is 30.8 Å². The number of methoxy groups -OCH3 is 1. The first-order chi connectivity index (χ1) is 10.2. The van der Waals surface area contributed by atoms with Crippen LogP contribution in [0.1, 0.15) is 5.56 Å². The number of esters is 1. The molecule has 2 aromatic rings. The van der Waals surface area contributed by atoms with Gasteiger partial charge in [0.15, 0.2) is 6.61 Å². The van der Waals surface area contributed by atoms with Gasteiger partial charge in [-0.25, -0.2) is 4.79 Å². The number of rotatable bonds is 7. The predicted molar refractivity (Wildman–Crippen MR) is 77.8 cm³/mol. The Morgan fingerprint density at radius 2 is 2.05 bits per heavy atom. The quantitative estimate of drug-likeness (QED) is 0.746. The maximum Gasteiger partial charge on any atom is 0.332 e. The van der Waals surface area contributed by atoms with Crippen LogP contribution in [-0.2, 0) is 25.5 Å². The largest absolute Gasteiger partial charge is 0.454 e. The molecule has 21 heavy (non-hydrogen) atoms. The number of hydrogen-bond donors (Lipinski definition) is 2. The molecule has 1 aromatic heterocycles. The van der Waals surface area contributed by atoms with Gasteiger partial charge < -0.3 is 19.8 Å². The molecule has 1 aromatic carbocycles. The summed E-state index contributed by atoms with van der Waals surface area (Å²) in [5.41, 5.74) is 2.22. The highest BCUT2D eigenvalue weighted by Crippen LogP contribution is 2.17. The Kier molecular flexibility index (Phi) is 5.34. The summed E-state index contributed by atoms with van der Waals surface area (Å²) >= 11 is 0. The van der Waals surface area contributed by atoms with E-state index < -0.39 is 5.97 Å². The number of benzene rings is 1. The zero-order chi connectivity index (χ0) is 15.1. The van der Waals surface area contributed by atoms with Gasteiger partial charge in [-0.05, 0) is 18.1 Å². The topological polar surface area (TPSA) is 80.4 Å². The van der Waals surface area contributed by atoms with Gasteiger partial charge >= 0.3 is 5.97 Å². The van der Waals surface area contributed by atoms with E-state index in [2.05, 4.69) is 15.0 Å². The molecule has 6 heteroatoms. The number of nitrogens with one attached hydrogen (secondary N) is 2. The van der Waals surface area contributed by atoms with Crippen molar-refractivity contribution in [2.45, 2.75) is 6.42 Å².